The fourth-order valence-corrected chi connectivity index (χ4v) is 4.13. The van der Waals surface area contributed by atoms with Gasteiger partial charge in [0.2, 0.25) is 0 Å². The normalized spacial score (nSPS) is 11.6. The standard InChI is InChI=1S/C22H21N3O5S/c1-12-5-7-15(8-6-12)21-24-14(3)19(31-21)13(2)23-20(26)16-9-17(22(27)30-4)11-18(10-16)25(28)29/h5-11,13H,1-4H3,(H,23,26). The van der Waals surface area contributed by atoms with Gasteiger partial charge in [0, 0.05) is 23.3 Å². The van der Waals surface area contributed by atoms with Crippen LogP contribution in [0.25, 0.3) is 10.6 Å². The Morgan fingerprint density at radius 1 is 1.13 bits per heavy atom. The van der Waals surface area contributed by atoms with E-state index in [-0.39, 0.29) is 22.9 Å². The number of hydrogen-bond donors (Lipinski definition) is 1. The predicted molar refractivity (Wildman–Crippen MR) is 117 cm³/mol. The lowest BCUT2D eigenvalue weighted by molar-refractivity contribution is -0.384. The van der Waals surface area contributed by atoms with Gasteiger partial charge in [-0.2, -0.15) is 0 Å². The number of nitro benzene ring substituents is 1. The number of thiazole rings is 1. The zero-order valence-corrected chi connectivity index (χ0v) is 18.3. The van der Waals surface area contributed by atoms with Crippen molar-refractivity contribution in [2.45, 2.75) is 26.8 Å². The maximum atomic E-state index is 12.8. The molecule has 1 heterocycles. The molecule has 1 aromatic heterocycles. The second-order valence-electron chi connectivity index (χ2n) is 7.05. The number of nitro groups is 1. The number of methoxy groups -OCH3 is 1. The number of aromatic nitrogens is 1. The zero-order valence-electron chi connectivity index (χ0n) is 17.5. The minimum absolute atomic E-state index is 0.00220. The summed E-state index contributed by atoms with van der Waals surface area (Å²) in [6, 6.07) is 11.1. The third kappa shape index (κ3) is 4.95. The first-order valence-corrected chi connectivity index (χ1v) is 10.2. The van der Waals surface area contributed by atoms with Crippen LogP contribution in [0.1, 0.15) is 49.8 Å². The molecule has 0 aliphatic heterocycles. The average molecular weight is 439 g/mol. The fourth-order valence-electron chi connectivity index (χ4n) is 3.06. The van der Waals surface area contributed by atoms with Gasteiger partial charge in [-0.1, -0.05) is 29.8 Å². The van der Waals surface area contributed by atoms with Crippen LogP contribution in [-0.2, 0) is 4.74 Å². The summed E-state index contributed by atoms with van der Waals surface area (Å²) in [4.78, 5) is 40.7. The highest BCUT2D eigenvalue weighted by Gasteiger charge is 2.21. The van der Waals surface area contributed by atoms with Crippen LogP contribution in [0.3, 0.4) is 0 Å². The third-order valence-electron chi connectivity index (χ3n) is 4.68. The summed E-state index contributed by atoms with van der Waals surface area (Å²) < 4.78 is 4.62. The van der Waals surface area contributed by atoms with Gasteiger partial charge in [-0.05, 0) is 26.8 Å². The first kappa shape index (κ1) is 22.1. The number of hydrogen-bond acceptors (Lipinski definition) is 7. The van der Waals surface area contributed by atoms with Crippen molar-refractivity contribution in [1.82, 2.24) is 10.3 Å². The van der Waals surface area contributed by atoms with Crippen molar-refractivity contribution < 1.29 is 19.2 Å². The van der Waals surface area contributed by atoms with Crippen LogP contribution in [0.2, 0.25) is 0 Å². The molecule has 0 fully saturated rings. The maximum Gasteiger partial charge on any atom is 0.338 e. The molecule has 0 saturated carbocycles. The first-order valence-electron chi connectivity index (χ1n) is 9.42. The molecule has 1 atom stereocenters. The van der Waals surface area contributed by atoms with Crippen molar-refractivity contribution in [2.75, 3.05) is 7.11 Å². The van der Waals surface area contributed by atoms with E-state index >= 15 is 0 Å². The Balaban J connectivity index is 1.85. The molecular formula is C22H21N3O5S. The van der Waals surface area contributed by atoms with Crippen molar-refractivity contribution in [1.29, 1.82) is 0 Å². The smallest absolute Gasteiger partial charge is 0.338 e. The molecule has 0 aliphatic carbocycles. The Bertz CT molecular complexity index is 1150. The van der Waals surface area contributed by atoms with Crippen LogP contribution in [0.4, 0.5) is 5.69 Å². The SMILES string of the molecule is COC(=O)c1cc(C(=O)NC(C)c2sc(-c3ccc(C)cc3)nc2C)cc([N+](=O)[O-])c1. The Morgan fingerprint density at radius 2 is 1.77 bits per heavy atom. The van der Waals surface area contributed by atoms with Gasteiger partial charge in [-0.3, -0.25) is 14.9 Å². The van der Waals surface area contributed by atoms with E-state index < -0.39 is 16.8 Å². The molecule has 31 heavy (non-hydrogen) atoms. The van der Waals surface area contributed by atoms with Crippen LogP contribution in [-0.4, -0.2) is 28.9 Å². The lowest BCUT2D eigenvalue weighted by atomic mass is 10.1. The van der Waals surface area contributed by atoms with Crippen molar-refractivity contribution >= 4 is 28.9 Å². The van der Waals surface area contributed by atoms with Crippen molar-refractivity contribution in [3.8, 4) is 10.6 Å². The summed E-state index contributed by atoms with van der Waals surface area (Å²) in [6.45, 7) is 5.70. The number of rotatable bonds is 6. The predicted octanol–water partition coefficient (Wildman–Crippen LogP) is 4.61. The fraction of sp³-hybridized carbons (Fsp3) is 0.227. The topological polar surface area (TPSA) is 111 Å². The number of ether oxygens (including phenoxy) is 1. The highest BCUT2D eigenvalue weighted by atomic mass is 32.1. The summed E-state index contributed by atoms with van der Waals surface area (Å²) in [5, 5.41) is 14.9. The zero-order chi connectivity index (χ0) is 22.7. The van der Waals surface area contributed by atoms with E-state index in [0.29, 0.717) is 0 Å². The monoisotopic (exact) mass is 439 g/mol. The Kier molecular flexibility index (Phi) is 6.45. The summed E-state index contributed by atoms with van der Waals surface area (Å²) in [5.41, 5.74) is 2.51. The molecule has 0 saturated heterocycles. The van der Waals surface area contributed by atoms with Gasteiger partial charge in [0.25, 0.3) is 11.6 Å². The van der Waals surface area contributed by atoms with Crippen molar-refractivity contribution in [2.24, 2.45) is 0 Å². The van der Waals surface area contributed by atoms with Crippen molar-refractivity contribution in [3.63, 3.8) is 0 Å². The average Bonchev–Trinajstić information content (AvgIpc) is 3.14. The molecule has 0 aliphatic rings. The molecule has 0 spiro atoms. The van der Waals surface area contributed by atoms with E-state index in [2.05, 4.69) is 15.0 Å². The van der Waals surface area contributed by atoms with Crippen LogP contribution >= 0.6 is 11.3 Å². The van der Waals surface area contributed by atoms with Gasteiger partial charge in [0.15, 0.2) is 0 Å². The van der Waals surface area contributed by atoms with Crippen LogP contribution in [0, 0.1) is 24.0 Å². The molecule has 3 aromatic rings. The van der Waals surface area contributed by atoms with E-state index in [0.717, 1.165) is 38.8 Å². The van der Waals surface area contributed by atoms with E-state index in [1.54, 1.807) is 0 Å². The highest BCUT2D eigenvalue weighted by molar-refractivity contribution is 7.15. The largest absolute Gasteiger partial charge is 0.465 e. The molecule has 1 unspecified atom stereocenters. The number of benzene rings is 2. The molecule has 0 bridgehead atoms. The van der Waals surface area contributed by atoms with E-state index in [1.165, 1.54) is 24.5 Å². The summed E-state index contributed by atoms with van der Waals surface area (Å²) in [7, 11) is 1.17. The summed E-state index contributed by atoms with van der Waals surface area (Å²) in [6.07, 6.45) is 0. The summed E-state index contributed by atoms with van der Waals surface area (Å²) in [5.74, 6) is -1.29. The molecule has 0 radical (unpaired) electrons. The number of aryl methyl sites for hydroxylation is 2. The number of carbonyl (C=O) groups excluding carboxylic acids is 2. The molecule has 1 amide bonds. The van der Waals surface area contributed by atoms with Gasteiger partial charge >= 0.3 is 5.97 Å². The number of non-ortho nitro benzene ring substituents is 1. The molecular weight excluding hydrogens is 418 g/mol. The second kappa shape index (κ2) is 9.05. The Morgan fingerprint density at radius 3 is 2.39 bits per heavy atom. The molecule has 9 heteroatoms. The van der Waals surface area contributed by atoms with Crippen LogP contribution in [0.5, 0.6) is 0 Å². The van der Waals surface area contributed by atoms with Crippen LogP contribution in [0.15, 0.2) is 42.5 Å². The van der Waals surface area contributed by atoms with Gasteiger partial charge in [0.1, 0.15) is 5.01 Å². The van der Waals surface area contributed by atoms with Gasteiger partial charge in [-0.25, -0.2) is 9.78 Å². The third-order valence-corrected chi connectivity index (χ3v) is 6.07. The lowest BCUT2D eigenvalue weighted by Crippen LogP contribution is -2.27. The van der Waals surface area contributed by atoms with Crippen molar-refractivity contribution in [3.05, 3.63) is 79.8 Å². The number of amides is 1. The van der Waals surface area contributed by atoms with E-state index in [1.807, 2.05) is 45.0 Å². The second-order valence-corrected chi connectivity index (χ2v) is 8.08. The van der Waals surface area contributed by atoms with Gasteiger partial charge in [-0.15, -0.1) is 11.3 Å². The number of nitrogens with one attached hydrogen (secondary N) is 1. The lowest BCUT2D eigenvalue weighted by Gasteiger charge is -2.13. The molecule has 160 valence electrons. The van der Waals surface area contributed by atoms with Gasteiger partial charge in [0.05, 0.1) is 34.2 Å². The minimum Gasteiger partial charge on any atom is -0.465 e. The quantitative estimate of drug-likeness (QED) is 0.341. The summed E-state index contributed by atoms with van der Waals surface area (Å²) >= 11 is 1.48. The first-order chi connectivity index (χ1) is 14.7. The Labute approximate surface area is 183 Å². The van der Waals surface area contributed by atoms with Gasteiger partial charge < -0.3 is 10.1 Å². The molecule has 1 N–H and O–H groups in total. The Hall–Kier alpha value is -3.59. The van der Waals surface area contributed by atoms with E-state index in [4.69, 9.17) is 0 Å². The number of nitrogens with zero attached hydrogens (tertiary/aromatic N) is 2. The highest BCUT2D eigenvalue weighted by Crippen LogP contribution is 2.32. The minimum atomic E-state index is -0.758. The van der Waals surface area contributed by atoms with Crippen LogP contribution < -0.4 is 5.32 Å². The maximum absolute atomic E-state index is 12.8. The molecule has 3 rings (SSSR count). The van der Waals surface area contributed by atoms with E-state index in [9.17, 15) is 19.7 Å². The number of esters is 1. The molecule has 8 nitrogen and oxygen atoms in total. The number of carbonyl (C=O) groups is 2. The molecule has 2 aromatic carbocycles.